The minimum atomic E-state index is 0.849. The molecule has 0 aliphatic heterocycles. The summed E-state index contributed by atoms with van der Waals surface area (Å²) >= 11 is 0. The number of benzene rings is 3. The molecule has 0 spiro atoms. The van der Waals surface area contributed by atoms with Gasteiger partial charge >= 0.3 is 0 Å². The van der Waals surface area contributed by atoms with Crippen molar-refractivity contribution in [2.45, 2.75) is 26.2 Å². The molecule has 116 valence electrons. The summed E-state index contributed by atoms with van der Waals surface area (Å²) in [7, 11) is 0. The third-order valence-corrected chi connectivity index (χ3v) is 4.30. The Bertz CT molecular complexity index is 830. The van der Waals surface area contributed by atoms with Crippen LogP contribution < -0.4 is 5.73 Å². The van der Waals surface area contributed by atoms with Gasteiger partial charge in [-0.05, 0) is 29.2 Å². The van der Waals surface area contributed by atoms with Crippen LogP contribution >= 0.6 is 0 Å². The maximum atomic E-state index is 6.42. The van der Waals surface area contributed by atoms with Crippen LogP contribution in [0.25, 0.3) is 21.5 Å². The third-order valence-electron chi connectivity index (χ3n) is 4.30. The molecule has 0 fully saturated rings. The first kappa shape index (κ1) is 15.4. The van der Waals surface area contributed by atoms with Gasteiger partial charge in [0, 0.05) is 16.5 Å². The lowest BCUT2D eigenvalue weighted by Crippen LogP contribution is -1.96. The Balaban J connectivity index is 2.17. The van der Waals surface area contributed by atoms with Crippen LogP contribution in [-0.4, -0.2) is 0 Å². The van der Waals surface area contributed by atoms with Crippen LogP contribution in [0.2, 0.25) is 0 Å². The minimum Gasteiger partial charge on any atom is -0.398 e. The molecule has 0 aromatic heterocycles. The fourth-order valence-corrected chi connectivity index (χ4v) is 3.15. The number of fused-ring (bicyclic) bond motifs is 2. The predicted octanol–water partition coefficient (Wildman–Crippen LogP) is 6.03. The van der Waals surface area contributed by atoms with E-state index < -0.39 is 0 Å². The molecule has 0 amide bonds. The number of hydrogen-bond acceptors (Lipinski definition) is 1. The van der Waals surface area contributed by atoms with Gasteiger partial charge in [0.2, 0.25) is 0 Å². The van der Waals surface area contributed by atoms with E-state index in [2.05, 4.69) is 62.1 Å². The first-order valence-corrected chi connectivity index (χ1v) is 8.24. The van der Waals surface area contributed by atoms with Crippen molar-refractivity contribution in [2.24, 2.45) is 0 Å². The molecule has 0 aliphatic carbocycles. The van der Waals surface area contributed by atoms with Gasteiger partial charge in [0.1, 0.15) is 0 Å². The maximum Gasteiger partial charge on any atom is 0.0473 e. The first-order valence-electron chi connectivity index (χ1n) is 8.24. The molecule has 0 atom stereocenters. The Labute approximate surface area is 138 Å². The van der Waals surface area contributed by atoms with Crippen molar-refractivity contribution >= 4 is 27.2 Å². The lowest BCUT2D eigenvalue weighted by atomic mass is 9.91. The second-order valence-corrected chi connectivity index (χ2v) is 6.01. The van der Waals surface area contributed by atoms with Crippen molar-refractivity contribution in [1.82, 2.24) is 0 Å². The number of nitrogens with two attached hydrogens (primary N) is 1. The first-order chi connectivity index (χ1) is 11.2. The molecule has 0 bridgehead atoms. The maximum absolute atomic E-state index is 6.42. The Morgan fingerprint density at radius 2 is 1.48 bits per heavy atom. The van der Waals surface area contributed by atoms with E-state index in [4.69, 9.17) is 5.73 Å². The highest BCUT2D eigenvalue weighted by molar-refractivity contribution is 6.12. The molecule has 1 nitrogen and oxygen atoms in total. The van der Waals surface area contributed by atoms with Crippen LogP contribution in [0.4, 0.5) is 5.69 Å². The minimum absolute atomic E-state index is 0.849. The monoisotopic (exact) mass is 301 g/mol. The van der Waals surface area contributed by atoms with E-state index >= 15 is 0 Å². The van der Waals surface area contributed by atoms with E-state index in [0.29, 0.717) is 0 Å². The second-order valence-electron chi connectivity index (χ2n) is 6.01. The molecule has 1 heteroatoms. The fourth-order valence-electron chi connectivity index (χ4n) is 3.15. The molecular formula is C22H23N. The zero-order valence-corrected chi connectivity index (χ0v) is 13.7. The summed E-state index contributed by atoms with van der Waals surface area (Å²) in [5, 5.41) is 4.72. The second kappa shape index (κ2) is 6.70. The molecule has 0 saturated carbocycles. The van der Waals surface area contributed by atoms with Crippen LogP contribution in [0.5, 0.6) is 0 Å². The molecule has 0 aliphatic rings. The van der Waals surface area contributed by atoms with Gasteiger partial charge in [0.25, 0.3) is 0 Å². The Hall–Kier alpha value is -2.54. The molecular weight excluding hydrogens is 278 g/mol. The Morgan fingerprint density at radius 3 is 2.00 bits per heavy atom. The molecule has 0 radical (unpaired) electrons. The number of rotatable bonds is 5. The van der Waals surface area contributed by atoms with E-state index in [-0.39, 0.29) is 0 Å². The largest absolute Gasteiger partial charge is 0.398 e. The average Bonchev–Trinajstić information content (AvgIpc) is 2.59. The van der Waals surface area contributed by atoms with E-state index in [0.717, 1.165) is 41.3 Å². The zero-order chi connectivity index (χ0) is 16.2. The van der Waals surface area contributed by atoms with Crippen molar-refractivity contribution in [3.8, 4) is 0 Å². The van der Waals surface area contributed by atoms with E-state index in [1.165, 1.54) is 16.3 Å². The summed E-state index contributed by atoms with van der Waals surface area (Å²) in [6.45, 7) is 6.43. The summed E-state index contributed by atoms with van der Waals surface area (Å²) in [5.41, 5.74) is 9.74. The van der Waals surface area contributed by atoms with Gasteiger partial charge in [0.15, 0.2) is 0 Å². The smallest absolute Gasteiger partial charge is 0.0473 e. The topological polar surface area (TPSA) is 26.0 Å². The number of nitrogen functional groups attached to an aromatic ring is 1. The average molecular weight is 301 g/mol. The quantitative estimate of drug-likeness (QED) is 0.347. The summed E-state index contributed by atoms with van der Waals surface area (Å²) < 4.78 is 0. The molecule has 3 aromatic carbocycles. The molecule has 3 aromatic rings. The molecule has 2 N–H and O–H groups in total. The van der Waals surface area contributed by atoms with Gasteiger partial charge < -0.3 is 5.73 Å². The van der Waals surface area contributed by atoms with Gasteiger partial charge in [-0.15, -0.1) is 0 Å². The number of allylic oxidation sites excluding steroid dienone is 3. The molecule has 0 saturated heterocycles. The van der Waals surface area contributed by atoms with Crippen LogP contribution in [0, 0.1) is 0 Å². The van der Waals surface area contributed by atoms with Gasteiger partial charge in [-0.25, -0.2) is 0 Å². The van der Waals surface area contributed by atoms with Crippen molar-refractivity contribution in [3.63, 3.8) is 0 Å². The molecule has 0 unspecified atom stereocenters. The lowest BCUT2D eigenvalue weighted by Gasteiger charge is -2.14. The van der Waals surface area contributed by atoms with E-state index in [1.54, 1.807) is 0 Å². The van der Waals surface area contributed by atoms with Crippen LogP contribution in [0.1, 0.15) is 25.3 Å². The van der Waals surface area contributed by atoms with Crippen molar-refractivity contribution in [2.75, 3.05) is 5.73 Å². The summed E-state index contributed by atoms with van der Waals surface area (Å²) in [5.74, 6) is 0. The summed E-state index contributed by atoms with van der Waals surface area (Å²) in [6.07, 6.45) is 7.48. The highest BCUT2D eigenvalue weighted by Crippen LogP contribution is 2.35. The summed E-state index contributed by atoms with van der Waals surface area (Å²) in [4.78, 5) is 0. The zero-order valence-electron chi connectivity index (χ0n) is 13.7. The van der Waals surface area contributed by atoms with E-state index in [9.17, 15) is 0 Å². The number of hydrogen-bond donors (Lipinski definition) is 1. The Kier molecular flexibility index (Phi) is 4.47. The van der Waals surface area contributed by atoms with Crippen LogP contribution in [-0.2, 0) is 6.42 Å². The summed E-state index contributed by atoms with van der Waals surface area (Å²) in [6, 6.07) is 16.8. The van der Waals surface area contributed by atoms with Gasteiger partial charge in [0.05, 0.1) is 0 Å². The Morgan fingerprint density at radius 1 is 0.957 bits per heavy atom. The SMILES string of the molecule is C=C(/C=C\CCC)Cc1c2ccccc2c(N)c2ccccc12. The number of unbranched alkanes of at least 4 members (excludes halogenated alkanes) is 1. The van der Waals surface area contributed by atoms with Crippen LogP contribution in [0.15, 0.2) is 72.8 Å². The fraction of sp³-hybridized carbons (Fsp3) is 0.182. The van der Waals surface area contributed by atoms with Crippen molar-refractivity contribution in [3.05, 3.63) is 78.4 Å². The molecule has 0 heterocycles. The number of anilines is 1. The lowest BCUT2D eigenvalue weighted by molar-refractivity contribution is 0.956. The highest BCUT2D eigenvalue weighted by Gasteiger charge is 2.11. The van der Waals surface area contributed by atoms with Crippen molar-refractivity contribution in [1.29, 1.82) is 0 Å². The van der Waals surface area contributed by atoms with Gasteiger partial charge in [-0.1, -0.05) is 86.2 Å². The highest BCUT2D eigenvalue weighted by atomic mass is 14.6. The molecule has 3 rings (SSSR count). The normalized spacial score (nSPS) is 11.5. The van der Waals surface area contributed by atoms with Crippen molar-refractivity contribution < 1.29 is 0 Å². The standard InChI is InChI=1S/C22H23N/c1-3-4-5-10-16(2)15-21-17-11-6-8-13-19(17)22(23)20-14-9-7-12-18(20)21/h5-14H,2-4,15,23H2,1H3/b10-5-. The van der Waals surface area contributed by atoms with Crippen LogP contribution in [0.3, 0.4) is 0 Å². The molecule has 23 heavy (non-hydrogen) atoms. The predicted molar refractivity (Wildman–Crippen MR) is 103 cm³/mol. The third kappa shape index (κ3) is 3.00. The van der Waals surface area contributed by atoms with Gasteiger partial charge in [-0.2, -0.15) is 0 Å². The van der Waals surface area contributed by atoms with Gasteiger partial charge in [-0.3, -0.25) is 0 Å². The van der Waals surface area contributed by atoms with E-state index in [1.807, 2.05) is 12.1 Å².